The minimum Gasteiger partial charge on any atom is -0.311 e. The van der Waals surface area contributed by atoms with Gasteiger partial charge in [0, 0.05) is 25.8 Å². The molecule has 0 unspecified atom stereocenters. The van der Waals surface area contributed by atoms with Crippen molar-refractivity contribution in [1.29, 1.82) is 0 Å². The molecule has 0 spiro atoms. The largest absolute Gasteiger partial charge is 0.311 e. The van der Waals surface area contributed by atoms with E-state index in [-0.39, 0.29) is 0 Å². The summed E-state index contributed by atoms with van der Waals surface area (Å²) in [5.41, 5.74) is 1.15. The van der Waals surface area contributed by atoms with Gasteiger partial charge in [0.1, 0.15) is 0 Å². The number of hydrogen-bond donors (Lipinski definition) is 0. The van der Waals surface area contributed by atoms with Gasteiger partial charge in [-0.1, -0.05) is 6.58 Å². The lowest BCUT2D eigenvalue weighted by molar-refractivity contribution is 0.0995. The quantitative estimate of drug-likeness (QED) is 0.518. The minimum absolute atomic E-state index is 1.14. The molecule has 2 nitrogen and oxygen atoms in total. The van der Waals surface area contributed by atoms with Crippen LogP contribution in [-0.4, -0.2) is 30.2 Å². The van der Waals surface area contributed by atoms with Crippen LogP contribution < -0.4 is 0 Å². The maximum Gasteiger partial charge on any atom is 0.0355 e. The third-order valence-electron chi connectivity index (χ3n) is 1.70. The molecule has 1 fully saturated rings. The predicted molar refractivity (Wildman–Crippen MR) is 38.8 cm³/mol. The Morgan fingerprint density at radius 3 is 2.33 bits per heavy atom. The van der Waals surface area contributed by atoms with E-state index in [9.17, 15) is 0 Å². The van der Waals surface area contributed by atoms with Gasteiger partial charge in [0.15, 0.2) is 0 Å². The molecule has 0 aromatic heterocycles. The number of hydrogen-bond acceptors (Lipinski definition) is 2. The molecule has 0 saturated carbocycles. The summed E-state index contributed by atoms with van der Waals surface area (Å²) in [7, 11) is 2.10. The van der Waals surface area contributed by atoms with Gasteiger partial charge in [0.05, 0.1) is 0 Å². The molecule has 52 valence electrons. The summed E-state index contributed by atoms with van der Waals surface area (Å²) >= 11 is 0. The molecule has 1 aliphatic rings. The molecule has 9 heavy (non-hydrogen) atoms. The van der Waals surface area contributed by atoms with Crippen molar-refractivity contribution in [2.75, 3.05) is 20.1 Å². The Labute approximate surface area is 56.7 Å². The van der Waals surface area contributed by atoms with Gasteiger partial charge in [-0.05, 0) is 13.3 Å². The van der Waals surface area contributed by atoms with Crippen molar-refractivity contribution in [3.63, 3.8) is 0 Å². The average Bonchev–Trinajstić information content (AvgIpc) is 2.13. The van der Waals surface area contributed by atoms with E-state index in [1.807, 2.05) is 6.92 Å². The zero-order valence-electron chi connectivity index (χ0n) is 6.22. The smallest absolute Gasteiger partial charge is 0.0355 e. The van der Waals surface area contributed by atoms with Crippen LogP contribution in [0.3, 0.4) is 0 Å². The van der Waals surface area contributed by atoms with Crippen LogP contribution >= 0.6 is 0 Å². The van der Waals surface area contributed by atoms with Crippen molar-refractivity contribution >= 4 is 0 Å². The van der Waals surface area contributed by atoms with Crippen LogP contribution in [0.4, 0.5) is 0 Å². The molecule has 1 saturated heterocycles. The summed E-state index contributed by atoms with van der Waals surface area (Å²) < 4.78 is 0. The summed E-state index contributed by atoms with van der Waals surface area (Å²) in [5.74, 6) is 0. The van der Waals surface area contributed by atoms with Crippen LogP contribution in [-0.2, 0) is 0 Å². The van der Waals surface area contributed by atoms with Gasteiger partial charge >= 0.3 is 0 Å². The van der Waals surface area contributed by atoms with E-state index < -0.39 is 0 Å². The van der Waals surface area contributed by atoms with Gasteiger partial charge < -0.3 is 5.01 Å². The molecule has 0 bridgehead atoms. The fraction of sp³-hybridized carbons (Fsp3) is 0.714. The van der Waals surface area contributed by atoms with E-state index >= 15 is 0 Å². The topological polar surface area (TPSA) is 6.48 Å². The molecule has 0 amide bonds. The second kappa shape index (κ2) is 2.40. The lowest BCUT2D eigenvalue weighted by Crippen LogP contribution is -2.30. The summed E-state index contributed by atoms with van der Waals surface area (Å²) in [6.45, 7) is 8.23. The van der Waals surface area contributed by atoms with Crippen LogP contribution in [0.2, 0.25) is 0 Å². The Bertz CT molecular complexity index is 120. The van der Waals surface area contributed by atoms with Crippen molar-refractivity contribution in [2.24, 2.45) is 0 Å². The van der Waals surface area contributed by atoms with Gasteiger partial charge in [0.2, 0.25) is 0 Å². The first-order chi connectivity index (χ1) is 4.22. The van der Waals surface area contributed by atoms with Crippen LogP contribution in [0.5, 0.6) is 0 Å². The Hall–Kier alpha value is -0.500. The lowest BCUT2D eigenvalue weighted by atomic mass is 10.4. The molecule has 0 atom stereocenters. The second-order valence-electron chi connectivity index (χ2n) is 2.59. The van der Waals surface area contributed by atoms with E-state index in [4.69, 9.17) is 0 Å². The Morgan fingerprint density at radius 1 is 1.44 bits per heavy atom. The normalized spacial score (nSPS) is 20.9. The third kappa shape index (κ3) is 1.24. The summed E-state index contributed by atoms with van der Waals surface area (Å²) in [6.07, 6.45) is 1.27. The number of hydrazine groups is 1. The fourth-order valence-electron chi connectivity index (χ4n) is 1.22. The van der Waals surface area contributed by atoms with Crippen molar-refractivity contribution in [3.05, 3.63) is 12.3 Å². The molecule has 1 rings (SSSR count). The van der Waals surface area contributed by atoms with Gasteiger partial charge in [-0.15, -0.1) is 0 Å². The van der Waals surface area contributed by atoms with Gasteiger partial charge in [-0.2, -0.15) is 0 Å². The van der Waals surface area contributed by atoms with Gasteiger partial charge in [-0.25, -0.2) is 5.01 Å². The number of nitrogens with zero attached hydrogens (tertiary/aromatic N) is 2. The van der Waals surface area contributed by atoms with Gasteiger partial charge in [0.25, 0.3) is 0 Å². The molecule has 2 heteroatoms. The zero-order valence-corrected chi connectivity index (χ0v) is 6.22. The van der Waals surface area contributed by atoms with Gasteiger partial charge in [-0.3, -0.25) is 0 Å². The van der Waals surface area contributed by atoms with E-state index in [1.54, 1.807) is 0 Å². The highest BCUT2D eigenvalue weighted by atomic mass is 15.6. The first-order valence-corrected chi connectivity index (χ1v) is 3.36. The molecule has 0 aromatic carbocycles. The maximum absolute atomic E-state index is 3.87. The molecule has 0 radical (unpaired) electrons. The first kappa shape index (κ1) is 6.62. The van der Waals surface area contributed by atoms with Crippen LogP contribution in [0, 0.1) is 0 Å². The monoisotopic (exact) mass is 126 g/mol. The van der Waals surface area contributed by atoms with E-state index in [0.717, 1.165) is 12.2 Å². The Morgan fingerprint density at radius 2 is 2.11 bits per heavy atom. The first-order valence-electron chi connectivity index (χ1n) is 3.36. The lowest BCUT2D eigenvalue weighted by Gasteiger charge is -2.25. The molecule has 1 heterocycles. The second-order valence-corrected chi connectivity index (χ2v) is 2.59. The SMILES string of the molecule is C=C(C)N1CCCN1C. The van der Waals surface area contributed by atoms with Crippen LogP contribution in [0.25, 0.3) is 0 Å². The van der Waals surface area contributed by atoms with Crippen molar-refractivity contribution in [2.45, 2.75) is 13.3 Å². The Balaban J connectivity index is 2.49. The minimum atomic E-state index is 1.14. The van der Waals surface area contributed by atoms with Crippen molar-refractivity contribution < 1.29 is 0 Å². The van der Waals surface area contributed by atoms with E-state index in [2.05, 4.69) is 23.6 Å². The van der Waals surface area contributed by atoms with E-state index in [1.165, 1.54) is 13.0 Å². The summed E-state index contributed by atoms with van der Waals surface area (Å²) in [4.78, 5) is 0. The zero-order chi connectivity index (χ0) is 6.85. The molecular formula is C7H14N2. The fourth-order valence-corrected chi connectivity index (χ4v) is 1.22. The molecule has 0 N–H and O–H groups in total. The number of rotatable bonds is 1. The van der Waals surface area contributed by atoms with E-state index in [0.29, 0.717) is 0 Å². The maximum atomic E-state index is 3.87. The van der Waals surface area contributed by atoms with Crippen molar-refractivity contribution in [3.8, 4) is 0 Å². The summed E-state index contributed by atoms with van der Waals surface area (Å²) in [5, 5.41) is 4.42. The van der Waals surface area contributed by atoms with Crippen LogP contribution in [0.15, 0.2) is 12.3 Å². The standard InChI is InChI=1S/C7H14N2/c1-7(2)9-6-4-5-8(9)3/h1,4-6H2,2-3H3. The highest BCUT2D eigenvalue weighted by Crippen LogP contribution is 2.11. The van der Waals surface area contributed by atoms with Crippen LogP contribution in [0.1, 0.15) is 13.3 Å². The molecular weight excluding hydrogens is 112 g/mol. The predicted octanol–water partition coefficient (Wildman–Crippen LogP) is 1.07. The average molecular weight is 126 g/mol. The van der Waals surface area contributed by atoms with Crippen molar-refractivity contribution in [1.82, 2.24) is 10.0 Å². The molecule has 0 aliphatic carbocycles. The molecule has 0 aromatic rings. The third-order valence-corrected chi connectivity index (χ3v) is 1.70. The highest BCUT2D eigenvalue weighted by molar-refractivity contribution is 4.88. The number of allylic oxidation sites excluding steroid dienone is 1. The Kier molecular flexibility index (Phi) is 1.76. The summed E-state index contributed by atoms with van der Waals surface area (Å²) in [6, 6.07) is 0. The highest BCUT2D eigenvalue weighted by Gasteiger charge is 2.15. The molecule has 1 aliphatic heterocycles.